The first-order valence-electron chi connectivity index (χ1n) is 12.6. The first-order valence-corrected chi connectivity index (χ1v) is 14.7. The van der Waals surface area contributed by atoms with Crippen molar-refractivity contribution in [3.8, 4) is 5.88 Å². The maximum atomic E-state index is 13.4. The molecule has 1 aliphatic heterocycles. The summed E-state index contributed by atoms with van der Waals surface area (Å²) in [7, 11) is 4.48. The van der Waals surface area contributed by atoms with Gasteiger partial charge in [0.15, 0.2) is 10.8 Å². The SMILES string of the molecule is COCCCS(=O)c1ccc(/C(=N\N2CCCC2)C(=O)Nc2nc3ccc(OCCN(C)C)nc3s2)cc1. The van der Waals surface area contributed by atoms with E-state index in [1.165, 1.54) is 11.3 Å². The fourth-order valence-corrected chi connectivity index (χ4v) is 5.70. The number of aromatic nitrogens is 2. The van der Waals surface area contributed by atoms with Crippen molar-refractivity contribution in [3.05, 3.63) is 42.0 Å². The second-order valence-electron chi connectivity index (χ2n) is 9.13. The van der Waals surface area contributed by atoms with Crippen molar-refractivity contribution in [3.63, 3.8) is 0 Å². The first-order chi connectivity index (χ1) is 18.4. The van der Waals surface area contributed by atoms with E-state index in [2.05, 4.69) is 20.4 Å². The van der Waals surface area contributed by atoms with E-state index in [-0.39, 0.29) is 5.91 Å². The third kappa shape index (κ3) is 7.79. The van der Waals surface area contributed by atoms with Gasteiger partial charge in [-0.3, -0.25) is 19.3 Å². The number of fused-ring (bicyclic) bond motifs is 1. The molecular weight excluding hydrogens is 524 g/mol. The Bertz CT molecular complexity index is 1270. The van der Waals surface area contributed by atoms with E-state index in [0.29, 0.717) is 56.5 Å². The van der Waals surface area contributed by atoms with Gasteiger partial charge in [0.2, 0.25) is 5.88 Å². The van der Waals surface area contributed by atoms with Gasteiger partial charge in [-0.05, 0) is 51.6 Å². The summed E-state index contributed by atoms with van der Waals surface area (Å²) in [4.78, 5) is 25.9. The Kier molecular flexibility index (Phi) is 10.2. The maximum absolute atomic E-state index is 13.4. The van der Waals surface area contributed by atoms with Crippen molar-refractivity contribution < 1.29 is 18.5 Å². The van der Waals surface area contributed by atoms with Crippen LogP contribution in [0.4, 0.5) is 5.13 Å². The smallest absolute Gasteiger partial charge is 0.278 e. The maximum Gasteiger partial charge on any atom is 0.278 e. The summed E-state index contributed by atoms with van der Waals surface area (Å²) in [5, 5.41) is 9.94. The zero-order valence-electron chi connectivity index (χ0n) is 22.0. The second kappa shape index (κ2) is 13.7. The lowest BCUT2D eigenvalue weighted by Crippen LogP contribution is -2.27. The van der Waals surface area contributed by atoms with Gasteiger partial charge in [0.1, 0.15) is 17.0 Å². The van der Waals surface area contributed by atoms with Crippen LogP contribution in [0.5, 0.6) is 5.88 Å². The largest absolute Gasteiger partial charge is 0.476 e. The molecule has 2 aromatic heterocycles. The summed E-state index contributed by atoms with van der Waals surface area (Å²) in [5.41, 5.74) is 1.63. The molecule has 3 aromatic rings. The van der Waals surface area contributed by atoms with Gasteiger partial charge in [-0.1, -0.05) is 23.5 Å². The molecule has 1 saturated heterocycles. The van der Waals surface area contributed by atoms with Crippen LogP contribution in [0, 0.1) is 0 Å². The van der Waals surface area contributed by atoms with E-state index in [1.807, 2.05) is 30.1 Å². The zero-order valence-corrected chi connectivity index (χ0v) is 23.6. The molecule has 0 spiro atoms. The summed E-state index contributed by atoms with van der Waals surface area (Å²) < 4.78 is 23.3. The summed E-state index contributed by atoms with van der Waals surface area (Å²) in [5.74, 6) is 0.695. The lowest BCUT2D eigenvalue weighted by Gasteiger charge is -2.14. The van der Waals surface area contributed by atoms with Crippen LogP contribution in [0.15, 0.2) is 46.4 Å². The average molecular weight is 559 g/mol. The Balaban J connectivity index is 1.49. The van der Waals surface area contributed by atoms with Gasteiger partial charge in [-0.2, -0.15) is 5.10 Å². The molecule has 0 saturated carbocycles. The molecule has 0 radical (unpaired) electrons. The Morgan fingerprint density at radius 2 is 1.89 bits per heavy atom. The highest BCUT2D eigenvalue weighted by molar-refractivity contribution is 7.85. The molecule has 1 atom stereocenters. The molecule has 0 bridgehead atoms. The molecule has 4 rings (SSSR count). The number of carbonyl (C=O) groups excluding carboxylic acids is 1. The van der Waals surface area contributed by atoms with E-state index < -0.39 is 10.8 Å². The summed E-state index contributed by atoms with van der Waals surface area (Å²) in [6.45, 7) is 3.50. The molecule has 1 amide bonds. The number of likely N-dealkylation sites (N-methyl/N-ethyl adjacent to an activating group) is 1. The van der Waals surface area contributed by atoms with Gasteiger partial charge in [-0.15, -0.1) is 0 Å². The number of hydrogen-bond donors (Lipinski definition) is 1. The molecule has 1 aromatic carbocycles. The Morgan fingerprint density at radius 1 is 1.13 bits per heavy atom. The fourth-order valence-electron chi connectivity index (χ4n) is 3.82. The molecule has 1 aliphatic rings. The lowest BCUT2D eigenvalue weighted by atomic mass is 10.1. The quantitative estimate of drug-likeness (QED) is 0.252. The summed E-state index contributed by atoms with van der Waals surface area (Å²) in [6, 6.07) is 10.8. The van der Waals surface area contributed by atoms with Gasteiger partial charge in [-0.25, -0.2) is 9.97 Å². The van der Waals surface area contributed by atoms with E-state index >= 15 is 0 Å². The number of thiazole rings is 1. The van der Waals surface area contributed by atoms with E-state index in [1.54, 1.807) is 37.4 Å². The number of hydrazone groups is 1. The van der Waals surface area contributed by atoms with E-state index in [4.69, 9.17) is 9.47 Å². The molecule has 1 N–H and O–H groups in total. The van der Waals surface area contributed by atoms with Crippen LogP contribution in [-0.2, 0) is 20.3 Å². The Labute approximate surface area is 229 Å². The highest BCUT2D eigenvalue weighted by Gasteiger charge is 2.20. The lowest BCUT2D eigenvalue weighted by molar-refractivity contribution is -0.110. The second-order valence-corrected chi connectivity index (χ2v) is 11.7. The number of hydrogen-bond acceptors (Lipinski definition) is 10. The third-order valence-electron chi connectivity index (χ3n) is 5.85. The normalized spacial score (nSPS) is 14.8. The first kappa shape index (κ1) is 28.1. The number of carbonyl (C=O) groups is 1. The zero-order chi connectivity index (χ0) is 26.9. The van der Waals surface area contributed by atoms with Crippen molar-refractivity contribution in [2.24, 2.45) is 5.10 Å². The molecule has 38 heavy (non-hydrogen) atoms. The van der Waals surface area contributed by atoms with Crippen LogP contribution in [-0.4, -0.2) is 95.5 Å². The highest BCUT2D eigenvalue weighted by atomic mass is 32.2. The fraction of sp³-hybridized carbons (Fsp3) is 0.462. The van der Waals surface area contributed by atoms with Crippen molar-refractivity contribution in [2.75, 3.05) is 65.1 Å². The molecular formula is C26H34N6O4S2. The Hall–Kier alpha value is -2.93. The summed E-state index contributed by atoms with van der Waals surface area (Å²) >= 11 is 1.29. The predicted octanol–water partition coefficient (Wildman–Crippen LogP) is 3.21. The van der Waals surface area contributed by atoms with Crippen molar-refractivity contribution >= 4 is 49.2 Å². The van der Waals surface area contributed by atoms with Crippen molar-refractivity contribution in [1.29, 1.82) is 0 Å². The van der Waals surface area contributed by atoms with Crippen molar-refractivity contribution in [2.45, 2.75) is 24.2 Å². The van der Waals surface area contributed by atoms with Crippen LogP contribution < -0.4 is 10.1 Å². The van der Waals surface area contributed by atoms with Crippen LogP contribution in [0.2, 0.25) is 0 Å². The number of rotatable bonds is 13. The monoisotopic (exact) mass is 558 g/mol. The van der Waals surface area contributed by atoms with Gasteiger partial charge in [0.05, 0.1) is 10.8 Å². The number of nitrogens with one attached hydrogen (secondary N) is 1. The number of methoxy groups -OCH3 is 1. The molecule has 3 heterocycles. The molecule has 10 nitrogen and oxygen atoms in total. The topological polar surface area (TPSA) is 109 Å². The minimum absolute atomic E-state index is 0.295. The van der Waals surface area contributed by atoms with Crippen molar-refractivity contribution in [1.82, 2.24) is 19.9 Å². The van der Waals surface area contributed by atoms with E-state index in [0.717, 1.165) is 38.9 Å². The average Bonchev–Trinajstić information content (AvgIpc) is 3.56. The minimum Gasteiger partial charge on any atom is -0.476 e. The van der Waals surface area contributed by atoms with Gasteiger partial charge >= 0.3 is 0 Å². The van der Waals surface area contributed by atoms with Gasteiger partial charge in [0.25, 0.3) is 5.91 Å². The Morgan fingerprint density at radius 3 is 2.61 bits per heavy atom. The highest BCUT2D eigenvalue weighted by Crippen LogP contribution is 2.26. The number of benzene rings is 1. The molecule has 1 fully saturated rings. The molecule has 0 aliphatic carbocycles. The number of ether oxygens (including phenoxy) is 2. The van der Waals surface area contributed by atoms with Crippen LogP contribution in [0.25, 0.3) is 10.3 Å². The third-order valence-corrected chi connectivity index (χ3v) is 8.18. The minimum atomic E-state index is -1.13. The number of pyridine rings is 1. The molecule has 204 valence electrons. The molecule has 12 heteroatoms. The summed E-state index contributed by atoms with van der Waals surface area (Å²) in [6.07, 6.45) is 2.80. The van der Waals surface area contributed by atoms with Gasteiger partial charge in [0, 0.05) is 55.6 Å². The predicted molar refractivity (Wildman–Crippen MR) is 152 cm³/mol. The van der Waals surface area contributed by atoms with E-state index in [9.17, 15) is 9.00 Å². The van der Waals surface area contributed by atoms with Crippen LogP contribution in [0.1, 0.15) is 24.8 Å². The van der Waals surface area contributed by atoms with Crippen LogP contribution >= 0.6 is 11.3 Å². The van der Waals surface area contributed by atoms with Crippen LogP contribution in [0.3, 0.4) is 0 Å². The standard InChI is InChI=1S/C26H34N6O4S2/c1-31(2)15-17-36-22-12-11-21-25(28-22)37-26(27-21)29-24(33)23(30-32-13-4-5-14-32)19-7-9-20(10-8-19)38(34)18-6-16-35-3/h7-12H,4-6,13-18H2,1-3H3,(H,27,29,33)/b30-23+. The number of anilines is 1. The van der Waals surface area contributed by atoms with Gasteiger partial charge < -0.3 is 14.4 Å². The number of nitrogens with zero attached hydrogens (tertiary/aromatic N) is 5. The number of amides is 1. The molecule has 1 unspecified atom stereocenters.